The quantitative estimate of drug-likeness (QED) is 0.801. The summed E-state index contributed by atoms with van der Waals surface area (Å²) in [6.07, 6.45) is 0.411. The van der Waals surface area contributed by atoms with Gasteiger partial charge in [-0.25, -0.2) is 9.50 Å². The number of aromatic nitrogens is 3. The molecule has 20 heavy (non-hydrogen) atoms. The zero-order chi connectivity index (χ0) is 14.1. The highest BCUT2D eigenvalue weighted by molar-refractivity contribution is 7.15. The highest BCUT2D eigenvalue weighted by Crippen LogP contribution is 2.25. The first-order chi connectivity index (χ1) is 9.63. The van der Waals surface area contributed by atoms with Crippen molar-refractivity contribution in [3.8, 4) is 11.3 Å². The standard InChI is InChI=1S/C14H13N3O2S/c1-9-2-4-10(5-3-9)11-8-20-14-15-12(16-17(11)14)6-7-13(18)19/h2-5,8H,6-7H2,1H3,(H,18,19). The van der Waals surface area contributed by atoms with E-state index in [2.05, 4.69) is 34.3 Å². The molecule has 0 bridgehead atoms. The van der Waals surface area contributed by atoms with Gasteiger partial charge in [0.1, 0.15) is 0 Å². The normalized spacial score (nSPS) is 11.1. The molecule has 0 aliphatic carbocycles. The minimum absolute atomic E-state index is 0.0533. The Kier molecular flexibility index (Phi) is 3.23. The Balaban J connectivity index is 1.96. The van der Waals surface area contributed by atoms with E-state index in [1.165, 1.54) is 16.9 Å². The summed E-state index contributed by atoms with van der Waals surface area (Å²) in [6.45, 7) is 2.05. The second-order valence-electron chi connectivity index (χ2n) is 4.60. The van der Waals surface area contributed by atoms with E-state index in [4.69, 9.17) is 5.11 Å². The van der Waals surface area contributed by atoms with Crippen molar-refractivity contribution in [2.24, 2.45) is 0 Å². The molecule has 0 aliphatic heterocycles. The number of fused-ring (bicyclic) bond motifs is 1. The Morgan fingerprint density at radius 1 is 1.35 bits per heavy atom. The average molecular weight is 287 g/mol. The van der Waals surface area contributed by atoms with Gasteiger partial charge in [-0.1, -0.05) is 29.8 Å². The third-order valence-corrected chi connectivity index (χ3v) is 3.85. The number of hydrogen-bond donors (Lipinski definition) is 1. The lowest BCUT2D eigenvalue weighted by Gasteiger charge is -1.99. The topological polar surface area (TPSA) is 67.5 Å². The molecule has 0 saturated carbocycles. The number of hydrogen-bond acceptors (Lipinski definition) is 4. The summed E-state index contributed by atoms with van der Waals surface area (Å²) in [5, 5.41) is 15.1. The van der Waals surface area contributed by atoms with Crippen LogP contribution in [-0.2, 0) is 11.2 Å². The number of carbonyl (C=O) groups is 1. The van der Waals surface area contributed by atoms with Gasteiger partial charge in [-0.05, 0) is 6.92 Å². The lowest BCUT2D eigenvalue weighted by atomic mass is 10.1. The molecule has 0 spiro atoms. The smallest absolute Gasteiger partial charge is 0.303 e. The molecule has 3 aromatic rings. The Hall–Kier alpha value is -2.21. The SMILES string of the molecule is Cc1ccc(-c2csc3nc(CCC(=O)O)nn23)cc1. The summed E-state index contributed by atoms with van der Waals surface area (Å²) < 4.78 is 1.78. The number of aliphatic carboxylic acids is 1. The van der Waals surface area contributed by atoms with Crippen molar-refractivity contribution in [2.45, 2.75) is 19.8 Å². The Labute approximate surface area is 119 Å². The van der Waals surface area contributed by atoms with E-state index in [0.29, 0.717) is 12.2 Å². The molecule has 0 atom stereocenters. The van der Waals surface area contributed by atoms with Gasteiger partial charge in [-0.15, -0.1) is 16.4 Å². The molecule has 2 aromatic heterocycles. The van der Waals surface area contributed by atoms with Crippen molar-refractivity contribution >= 4 is 22.3 Å². The summed E-state index contributed by atoms with van der Waals surface area (Å²) in [6, 6.07) is 8.22. The van der Waals surface area contributed by atoms with Crippen LogP contribution in [0.15, 0.2) is 29.6 Å². The Morgan fingerprint density at radius 2 is 2.10 bits per heavy atom. The number of carboxylic acid groups (broad SMARTS) is 1. The van der Waals surface area contributed by atoms with Gasteiger partial charge in [0, 0.05) is 17.4 Å². The molecule has 0 radical (unpaired) electrons. The number of aryl methyl sites for hydroxylation is 2. The van der Waals surface area contributed by atoms with E-state index in [0.717, 1.165) is 16.2 Å². The monoisotopic (exact) mass is 287 g/mol. The zero-order valence-electron chi connectivity index (χ0n) is 10.9. The first-order valence-corrected chi connectivity index (χ1v) is 7.13. The van der Waals surface area contributed by atoms with Crippen LogP contribution in [0.3, 0.4) is 0 Å². The molecular formula is C14H13N3O2S. The third-order valence-electron chi connectivity index (χ3n) is 3.04. The zero-order valence-corrected chi connectivity index (χ0v) is 11.7. The first-order valence-electron chi connectivity index (χ1n) is 6.25. The van der Waals surface area contributed by atoms with Crippen LogP contribution in [0, 0.1) is 6.92 Å². The van der Waals surface area contributed by atoms with Crippen LogP contribution in [0.1, 0.15) is 17.8 Å². The van der Waals surface area contributed by atoms with Crippen LogP contribution >= 0.6 is 11.3 Å². The minimum atomic E-state index is -0.832. The fourth-order valence-electron chi connectivity index (χ4n) is 1.97. The summed E-state index contributed by atoms with van der Waals surface area (Å²) in [5.74, 6) is -0.255. The second kappa shape index (κ2) is 5.05. The Morgan fingerprint density at radius 3 is 2.80 bits per heavy atom. The van der Waals surface area contributed by atoms with Crippen molar-refractivity contribution in [1.29, 1.82) is 0 Å². The van der Waals surface area contributed by atoms with Gasteiger partial charge in [0.2, 0.25) is 4.96 Å². The highest BCUT2D eigenvalue weighted by atomic mass is 32.1. The average Bonchev–Trinajstić information content (AvgIpc) is 2.97. The largest absolute Gasteiger partial charge is 0.481 e. The summed E-state index contributed by atoms with van der Waals surface area (Å²) in [4.78, 5) is 15.7. The number of carboxylic acids is 1. The van der Waals surface area contributed by atoms with E-state index in [9.17, 15) is 4.79 Å². The maximum Gasteiger partial charge on any atom is 0.303 e. The molecule has 1 aromatic carbocycles. The highest BCUT2D eigenvalue weighted by Gasteiger charge is 2.12. The van der Waals surface area contributed by atoms with E-state index < -0.39 is 5.97 Å². The molecule has 0 unspecified atom stereocenters. The lowest BCUT2D eigenvalue weighted by Crippen LogP contribution is -1.99. The van der Waals surface area contributed by atoms with E-state index in [1.54, 1.807) is 4.52 Å². The van der Waals surface area contributed by atoms with Crippen molar-refractivity contribution in [1.82, 2.24) is 14.6 Å². The van der Waals surface area contributed by atoms with Crippen LogP contribution < -0.4 is 0 Å². The van der Waals surface area contributed by atoms with Gasteiger partial charge in [0.25, 0.3) is 0 Å². The maximum absolute atomic E-state index is 10.6. The van der Waals surface area contributed by atoms with Crippen LogP contribution in [-0.4, -0.2) is 25.7 Å². The number of thiazole rings is 1. The van der Waals surface area contributed by atoms with Gasteiger partial charge in [-0.3, -0.25) is 4.79 Å². The van der Waals surface area contributed by atoms with Gasteiger partial charge >= 0.3 is 5.97 Å². The van der Waals surface area contributed by atoms with Gasteiger partial charge in [0.15, 0.2) is 5.82 Å². The van der Waals surface area contributed by atoms with Crippen LogP contribution in [0.4, 0.5) is 0 Å². The van der Waals surface area contributed by atoms with Gasteiger partial charge < -0.3 is 5.11 Å². The molecule has 3 rings (SSSR count). The second-order valence-corrected chi connectivity index (χ2v) is 5.44. The molecule has 2 heterocycles. The van der Waals surface area contributed by atoms with Crippen LogP contribution in [0.2, 0.25) is 0 Å². The summed E-state index contributed by atoms with van der Waals surface area (Å²) in [7, 11) is 0. The van der Waals surface area contributed by atoms with Crippen molar-refractivity contribution < 1.29 is 9.90 Å². The van der Waals surface area contributed by atoms with E-state index >= 15 is 0 Å². The summed E-state index contributed by atoms with van der Waals surface area (Å²) in [5.41, 5.74) is 3.27. The first kappa shape index (κ1) is 12.8. The molecule has 5 nitrogen and oxygen atoms in total. The van der Waals surface area contributed by atoms with Gasteiger partial charge in [0.05, 0.1) is 12.1 Å². The maximum atomic E-state index is 10.6. The van der Waals surface area contributed by atoms with Crippen molar-refractivity contribution in [2.75, 3.05) is 0 Å². The molecule has 102 valence electrons. The van der Waals surface area contributed by atoms with E-state index in [-0.39, 0.29) is 6.42 Å². The number of benzene rings is 1. The predicted octanol–water partition coefficient (Wildman–Crippen LogP) is 2.78. The molecule has 0 saturated heterocycles. The van der Waals surface area contributed by atoms with Crippen molar-refractivity contribution in [3.05, 3.63) is 41.0 Å². The van der Waals surface area contributed by atoms with Crippen LogP contribution in [0.25, 0.3) is 16.2 Å². The number of nitrogens with zero attached hydrogens (tertiary/aromatic N) is 3. The van der Waals surface area contributed by atoms with Gasteiger partial charge in [-0.2, -0.15) is 0 Å². The molecule has 1 N–H and O–H groups in total. The third kappa shape index (κ3) is 2.42. The Bertz CT molecular complexity index is 758. The minimum Gasteiger partial charge on any atom is -0.481 e. The predicted molar refractivity (Wildman–Crippen MR) is 77.0 cm³/mol. The lowest BCUT2D eigenvalue weighted by molar-refractivity contribution is -0.137. The summed E-state index contributed by atoms with van der Waals surface area (Å²) >= 11 is 1.51. The molecule has 6 heteroatoms. The molecule has 0 fully saturated rings. The number of rotatable bonds is 4. The van der Waals surface area contributed by atoms with Crippen LogP contribution in [0.5, 0.6) is 0 Å². The van der Waals surface area contributed by atoms with E-state index in [1.807, 2.05) is 12.3 Å². The molecular weight excluding hydrogens is 274 g/mol. The fraction of sp³-hybridized carbons (Fsp3) is 0.214. The molecule has 0 amide bonds. The van der Waals surface area contributed by atoms with Crippen molar-refractivity contribution in [3.63, 3.8) is 0 Å². The molecule has 0 aliphatic rings. The fourth-order valence-corrected chi connectivity index (χ4v) is 2.82.